The Bertz CT molecular complexity index is 1370. The molecule has 1 aliphatic heterocycles. The van der Waals surface area contributed by atoms with E-state index < -0.39 is 12.2 Å². The number of pyridine rings is 1. The van der Waals surface area contributed by atoms with Gasteiger partial charge >= 0.3 is 6.18 Å². The Kier molecular flexibility index (Phi) is 7.97. The van der Waals surface area contributed by atoms with Crippen LogP contribution in [0, 0.1) is 6.92 Å². The first-order chi connectivity index (χ1) is 17.7. The minimum absolute atomic E-state index is 0.119. The molecule has 1 fully saturated rings. The molecule has 0 aliphatic carbocycles. The third kappa shape index (κ3) is 6.58. The van der Waals surface area contributed by atoms with Gasteiger partial charge < -0.3 is 20.9 Å². The Labute approximate surface area is 211 Å². The van der Waals surface area contributed by atoms with Crippen LogP contribution in [0.25, 0.3) is 22.4 Å². The lowest BCUT2D eigenvalue weighted by molar-refractivity contribution is -0.160. The van der Waals surface area contributed by atoms with Crippen molar-refractivity contribution in [3.8, 4) is 11.3 Å². The van der Waals surface area contributed by atoms with Crippen molar-refractivity contribution in [2.24, 2.45) is 0 Å². The second-order valence-electron chi connectivity index (χ2n) is 8.60. The highest BCUT2D eigenvalue weighted by Crippen LogP contribution is 2.32. The van der Waals surface area contributed by atoms with Crippen LogP contribution in [0.2, 0.25) is 0 Å². The minimum Gasteiger partial charge on any atom is -0.341 e. The Morgan fingerprint density at radius 3 is 2.65 bits per heavy atom. The number of hydrogen-bond donors (Lipinski definition) is 4. The third-order valence-corrected chi connectivity index (χ3v) is 5.80. The number of halogens is 3. The molecule has 37 heavy (non-hydrogen) atoms. The second kappa shape index (κ2) is 11.3. The maximum atomic E-state index is 11.9. The van der Waals surface area contributed by atoms with Crippen LogP contribution >= 0.6 is 0 Å². The second-order valence-corrected chi connectivity index (χ2v) is 8.60. The zero-order chi connectivity index (χ0) is 26.4. The van der Waals surface area contributed by atoms with E-state index >= 15 is 0 Å². The topological polar surface area (TPSA) is 121 Å². The fourth-order valence-corrected chi connectivity index (χ4v) is 3.96. The first-order valence-electron chi connectivity index (χ1n) is 11.8. The van der Waals surface area contributed by atoms with Gasteiger partial charge in [-0.15, -0.1) is 0 Å². The molecule has 9 nitrogen and oxygen atoms in total. The molecule has 0 spiro atoms. The number of anilines is 3. The summed E-state index contributed by atoms with van der Waals surface area (Å²) in [5, 5.41) is 8.58. The van der Waals surface area contributed by atoms with E-state index in [-0.39, 0.29) is 12.3 Å². The number of hydrogen-bond acceptors (Lipinski definition) is 7. The summed E-state index contributed by atoms with van der Waals surface area (Å²) < 4.78 is 35.6. The van der Waals surface area contributed by atoms with Gasteiger partial charge in [-0.1, -0.05) is 12.5 Å². The number of carbonyl (C=O) groups excluding carboxylic acids is 1. The van der Waals surface area contributed by atoms with Crippen LogP contribution in [0.1, 0.15) is 31.7 Å². The number of amides is 1. The zero-order valence-electron chi connectivity index (χ0n) is 20.4. The number of alkyl halides is 3. The van der Waals surface area contributed by atoms with Gasteiger partial charge in [-0.3, -0.25) is 4.79 Å². The quantitative estimate of drug-likeness (QED) is 0.300. The summed E-state index contributed by atoms with van der Waals surface area (Å²) in [7, 11) is 0. The van der Waals surface area contributed by atoms with Gasteiger partial charge in [-0.05, 0) is 56.1 Å². The summed E-state index contributed by atoms with van der Waals surface area (Å²) in [6, 6.07) is 8.21. The molecule has 4 aromatic rings. The number of nitrogens with zero attached hydrogens (tertiary/aromatic N) is 4. The van der Waals surface area contributed by atoms with Gasteiger partial charge in [0.1, 0.15) is 29.4 Å². The molecule has 0 radical (unpaired) electrons. The van der Waals surface area contributed by atoms with Crippen molar-refractivity contribution in [2.75, 3.05) is 17.2 Å². The maximum absolute atomic E-state index is 11.9. The van der Waals surface area contributed by atoms with E-state index in [1.165, 1.54) is 13.3 Å². The van der Waals surface area contributed by atoms with E-state index in [0.717, 1.165) is 28.8 Å². The summed E-state index contributed by atoms with van der Waals surface area (Å²) in [5.41, 5.74) is 5.45. The number of imidazole rings is 1. The number of aromatic amines is 1. The van der Waals surface area contributed by atoms with Gasteiger partial charge in [0.05, 0.1) is 6.33 Å². The molecule has 3 aromatic heterocycles. The molecular formula is C25H27F3N8O. The van der Waals surface area contributed by atoms with Gasteiger partial charge in [0.2, 0.25) is 5.91 Å². The lowest BCUT2D eigenvalue weighted by atomic mass is 10.1. The van der Waals surface area contributed by atoms with E-state index in [1.54, 1.807) is 12.5 Å². The standard InChI is InChI=1S/C19H17N7O.C6H10F3N/c1-11-5-6-13(25-12(2)27)8-15(11)26-18-14(4-3-7-20-18)16-17-19(23-9-21-16)24-10-22-17;7-6(8,9)5-3-1-2-4-10-5/h3-10H,1-2H3,(H,20,26)(H,25,27)(H,21,22,23,24);5,10H,1-4H2. The molecule has 1 unspecified atom stereocenters. The van der Waals surface area contributed by atoms with Crippen LogP contribution in [0.3, 0.4) is 0 Å². The van der Waals surface area contributed by atoms with Crippen molar-refractivity contribution in [1.82, 2.24) is 30.2 Å². The highest BCUT2D eigenvalue weighted by Gasteiger charge is 2.39. The average Bonchev–Trinajstić information content (AvgIpc) is 3.36. The first kappa shape index (κ1) is 26.0. The first-order valence-corrected chi connectivity index (χ1v) is 11.8. The normalized spacial score (nSPS) is 15.5. The molecule has 5 rings (SSSR count). The molecule has 1 saturated heterocycles. The van der Waals surface area contributed by atoms with Crippen LogP contribution in [0.15, 0.2) is 49.2 Å². The van der Waals surface area contributed by atoms with Gasteiger partial charge in [-0.2, -0.15) is 13.2 Å². The monoisotopic (exact) mass is 512 g/mol. The number of H-pyrrole nitrogens is 1. The van der Waals surface area contributed by atoms with Crippen LogP contribution in [0.5, 0.6) is 0 Å². The number of rotatable bonds is 4. The summed E-state index contributed by atoms with van der Waals surface area (Å²) in [5.74, 6) is 0.529. The maximum Gasteiger partial charge on any atom is 0.403 e. The summed E-state index contributed by atoms with van der Waals surface area (Å²) in [6.45, 7) is 3.97. The predicted octanol–water partition coefficient (Wildman–Crippen LogP) is 5.12. The molecule has 1 atom stereocenters. The molecule has 1 aromatic carbocycles. The highest BCUT2D eigenvalue weighted by atomic mass is 19.4. The number of benzene rings is 1. The van der Waals surface area contributed by atoms with Crippen molar-refractivity contribution in [3.63, 3.8) is 0 Å². The molecule has 1 amide bonds. The summed E-state index contributed by atoms with van der Waals surface area (Å²) >= 11 is 0. The Morgan fingerprint density at radius 1 is 1.11 bits per heavy atom. The van der Waals surface area contributed by atoms with Crippen molar-refractivity contribution >= 4 is 34.3 Å². The van der Waals surface area contributed by atoms with Crippen molar-refractivity contribution < 1.29 is 18.0 Å². The SMILES string of the molecule is CC(=O)Nc1ccc(C)c(Nc2ncccc2-c2ncnc3nc[nH]c23)c1.FC(F)(F)C1CCCCN1. The summed E-state index contributed by atoms with van der Waals surface area (Å²) in [4.78, 5) is 31.7. The Hall–Kier alpha value is -4.06. The Morgan fingerprint density at radius 2 is 1.95 bits per heavy atom. The van der Waals surface area contributed by atoms with E-state index in [2.05, 4.69) is 40.9 Å². The lowest BCUT2D eigenvalue weighted by Crippen LogP contribution is -2.45. The van der Waals surface area contributed by atoms with Gasteiger partial charge in [0.15, 0.2) is 5.65 Å². The van der Waals surface area contributed by atoms with Crippen molar-refractivity contribution in [3.05, 3.63) is 54.7 Å². The molecule has 12 heteroatoms. The van der Waals surface area contributed by atoms with E-state index in [4.69, 9.17) is 0 Å². The number of aromatic nitrogens is 5. The molecule has 194 valence electrons. The largest absolute Gasteiger partial charge is 0.403 e. The van der Waals surface area contributed by atoms with E-state index in [1.807, 2.05) is 37.3 Å². The molecular weight excluding hydrogens is 485 g/mol. The minimum atomic E-state index is -4.04. The third-order valence-electron chi connectivity index (χ3n) is 5.80. The van der Waals surface area contributed by atoms with Crippen LogP contribution in [-0.4, -0.2) is 49.6 Å². The molecule has 0 bridgehead atoms. The number of carbonyl (C=O) groups is 1. The highest BCUT2D eigenvalue weighted by molar-refractivity contribution is 5.92. The molecule has 0 saturated carbocycles. The van der Waals surface area contributed by atoms with Gasteiger partial charge in [0, 0.05) is 30.1 Å². The summed E-state index contributed by atoms with van der Waals surface area (Å²) in [6.07, 6.45) is 2.54. The zero-order valence-corrected chi connectivity index (χ0v) is 20.4. The number of nitrogens with one attached hydrogen (secondary N) is 4. The van der Waals surface area contributed by atoms with Gasteiger partial charge in [-0.25, -0.2) is 19.9 Å². The van der Waals surface area contributed by atoms with Crippen LogP contribution in [0.4, 0.5) is 30.4 Å². The number of fused-ring (bicyclic) bond motifs is 1. The van der Waals surface area contributed by atoms with Gasteiger partial charge in [0.25, 0.3) is 0 Å². The van der Waals surface area contributed by atoms with E-state index in [0.29, 0.717) is 35.8 Å². The fourth-order valence-electron chi connectivity index (χ4n) is 3.96. The average molecular weight is 513 g/mol. The lowest BCUT2D eigenvalue weighted by Gasteiger charge is -2.25. The Balaban J connectivity index is 0.000000270. The fraction of sp³-hybridized carbons (Fsp3) is 0.320. The van der Waals surface area contributed by atoms with Crippen LogP contribution < -0.4 is 16.0 Å². The van der Waals surface area contributed by atoms with Crippen molar-refractivity contribution in [2.45, 2.75) is 45.3 Å². The molecule has 1 aliphatic rings. The number of aryl methyl sites for hydroxylation is 1. The van der Waals surface area contributed by atoms with E-state index in [9.17, 15) is 18.0 Å². The van der Waals surface area contributed by atoms with Crippen LogP contribution in [-0.2, 0) is 4.79 Å². The molecule has 4 heterocycles. The molecule has 4 N–H and O–H groups in total. The number of piperidine rings is 1. The van der Waals surface area contributed by atoms with Crippen molar-refractivity contribution in [1.29, 1.82) is 0 Å². The smallest absolute Gasteiger partial charge is 0.341 e. The predicted molar refractivity (Wildman–Crippen MR) is 135 cm³/mol.